The number of barbiturate groups is 1. The molecule has 0 atom stereocenters. The monoisotopic (exact) mass is 357 g/mol. The molecule has 1 saturated carbocycles. The summed E-state index contributed by atoms with van der Waals surface area (Å²) in [4.78, 5) is 38.8. The fourth-order valence-electron chi connectivity index (χ4n) is 4.24. The standard InChI is InChI=1S/C20H27N3O3/c1-12(2)22-13(3)10-15(14(22)4)11-17-18(24)21-20(26)23(19(17)25)16-8-6-5-7-9-16/h10-12,16H,5-9H2,1-4H3,(H,21,24,26). The Morgan fingerprint density at radius 3 is 2.35 bits per heavy atom. The molecule has 0 unspecified atom stereocenters. The molecule has 4 amide bonds. The molecular weight excluding hydrogens is 330 g/mol. The summed E-state index contributed by atoms with van der Waals surface area (Å²) in [5, 5.41) is 2.34. The number of nitrogens with zero attached hydrogens (tertiary/aromatic N) is 2. The van der Waals surface area contributed by atoms with Crippen molar-refractivity contribution >= 4 is 23.9 Å². The van der Waals surface area contributed by atoms with Gasteiger partial charge in [-0.1, -0.05) is 19.3 Å². The van der Waals surface area contributed by atoms with Gasteiger partial charge in [-0.2, -0.15) is 0 Å². The number of rotatable bonds is 3. The summed E-state index contributed by atoms with van der Waals surface area (Å²) in [5.41, 5.74) is 2.96. The molecule has 1 saturated heterocycles. The molecule has 0 aromatic carbocycles. The zero-order valence-electron chi connectivity index (χ0n) is 16.0. The Kier molecular flexibility index (Phi) is 5.03. The van der Waals surface area contributed by atoms with E-state index in [2.05, 4.69) is 23.7 Å². The first kappa shape index (κ1) is 18.4. The van der Waals surface area contributed by atoms with Crippen LogP contribution in [0.4, 0.5) is 4.79 Å². The number of nitrogens with one attached hydrogen (secondary N) is 1. The lowest BCUT2D eigenvalue weighted by molar-refractivity contribution is -0.132. The largest absolute Gasteiger partial charge is 0.346 e. The van der Waals surface area contributed by atoms with Crippen molar-refractivity contribution in [3.05, 3.63) is 28.6 Å². The van der Waals surface area contributed by atoms with Crippen LogP contribution in [-0.2, 0) is 9.59 Å². The molecule has 1 aliphatic heterocycles. The number of urea groups is 1. The highest BCUT2D eigenvalue weighted by molar-refractivity contribution is 6.31. The van der Waals surface area contributed by atoms with Crippen molar-refractivity contribution in [2.75, 3.05) is 0 Å². The number of amides is 4. The molecule has 2 fully saturated rings. The normalized spacial score (nSPS) is 21.0. The minimum Gasteiger partial charge on any atom is -0.346 e. The van der Waals surface area contributed by atoms with Crippen LogP contribution < -0.4 is 5.32 Å². The van der Waals surface area contributed by atoms with Crippen molar-refractivity contribution in [1.82, 2.24) is 14.8 Å². The molecule has 6 heteroatoms. The van der Waals surface area contributed by atoms with Gasteiger partial charge in [0.05, 0.1) is 0 Å². The van der Waals surface area contributed by atoms with Crippen LogP contribution in [-0.4, -0.2) is 33.4 Å². The molecule has 1 aromatic rings. The zero-order valence-corrected chi connectivity index (χ0v) is 16.0. The molecule has 0 spiro atoms. The van der Waals surface area contributed by atoms with Gasteiger partial charge in [0.15, 0.2) is 0 Å². The minimum atomic E-state index is -0.610. The van der Waals surface area contributed by atoms with Gasteiger partial charge < -0.3 is 4.57 Å². The Morgan fingerprint density at radius 2 is 1.77 bits per heavy atom. The number of aryl methyl sites for hydroxylation is 1. The topological polar surface area (TPSA) is 71.4 Å². The van der Waals surface area contributed by atoms with E-state index < -0.39 is 17.8 Å². The number of carbonyl (C=O) groups excluding carboxylic acids is 3. The van der Waals surface area contributed by atoms with Crippen LogP contribution in [0.3, 0.4) is 0 Å². The highest BCUT2D eigenvalue weighted by Crippen LogP contribution is 2.28. The summed E-state index contributed by atoms with van der Waals surface area (Å²) in [6.45, 7) is 8.18. The molecule has 140 valence electrons. The van der Waals surface area contributed by atoms with Crippen LogP contribution in [0.15, 0.2) is 11.6 Å². The van der Waals surface area contributed by atoms with Crippen molar-refractivity contribution in [2.45, 2.75) is 71.9 Å². The third-order valence-electron chi connectivity index (χ3n) is 5.41. The zero-order chi connectivity index (χ0) is 19.0. The van der Waals surface area contributed by atoms with E-state index in [4.69, 9.17) is 0 Å². The molecule has 0 radical (unpaired) electrons. The van der Waals surface area contributed by atoms with Gasteiger partial charge in [0, 0.05) is 23.5 Å². The van der Waals surface area contributed by atoms with Gasteiger partial charge in [-0.15, -0.1) is 0 Å². The van der Waals surface area contributed by atoms with Gasteiger partial charge in [0.25, 0.3) is 11.8 Å². The molecule has 2 heterocycles. The van der Waals surface area contributed by atoms with Gasteiger partial charge in [-0.25, -0.2) is 4.79 Å². The number of imide groups is 2. The lowest BCUT2D eigenvalue weighted by Gasteiger charge is -2.35. The van der Waals surface area contributed by atoms with E-state index in [0.29, 0.717) is 6.04 Å². The molecule has 1 N–H and O–H groups in total. The summed E-state index contributed by atoms with van der Waals surface area (Å²) in [6.07, 6.45) is 6.38. The van der Waals surface area contributed by atoms with E-state index in [-0.39, 0.29) is 11.6 Å². The van der Waals surface area contributed by atoms with E-state index >= 15 is 0 Å². The van der Waals surface area contributed by atoms with Gasteiger partial charge >= 0.3 is 6.03 Å². The van der Waals surface area contributed by atoms with Crippen LogP contribution in [0.1, 0.15) is 68.9 Å². The van der Waals surface area contributed by atoms with Crippen molar-refractivity contribution in [1.29, 1.82) is 0 Å². The number of aromatic nitrogens is 1. The SMILES string of the molecule is Cc1cc(C=C2C(=O)NC(=O)N(C3CCCCC3)C2=O)c(C)n1C(C)C. The Labute approximate surface area is 154 Å². The Bertz CT molecular complexity index is 782. The van der Waals surface area contributed by atoms with E-state index in [1.54, 1.807) is 6.08 Å². The maximum atomic E-state index is 13.0. The second-order valence-electron chi connectivity index (χ2n) is 7.57. The number of hydrogen-bond donors (Lipinski definition) is 1. The van der Waals surface area contributed by atoms with E-state index in [9.17, 15) is 14.4 Å². The molecule has 0 bridgehead atoms. The third-order valence-corrected chi connectivity index (χ3v) is 5.41. The van der Waals surface area contributed by atoms with Gasteiger partial charge in [0.2, 0.25) is 0 Å². The predicted molar refractivity (Wildman–Crippen MR) is 99.5 cm³/mol. The molecule has 6 nitrogen and oxygen atoms in total. The fraction of sp³-hybridized carbons (Fsp3) is 0.550. The molecule has 3 rings (SSSR count). The van der Waals surface area contributed by atoms with Crippen LogP contribution in [0.5, 0.6) is 0 Å². The first-order valence-corrected chi connectivity index (χ1v) is 9.40. The fourth-order valence-corrected chi connectivity index (χ4v) is 4.24. The highest BCUT2D eigenvalue weighted by atomic mass is 16.2. The maximum Gasteiger partial charge on any atom is 0.331 e. The van der Waals surface area contributed by atoms with Crippen molar-refractivity contribution < 1.29 is 14.4 Å². The Balaban J connectivity index is 1.97. The Hall–Kier alpha value is -2.37. The van der Waals surface area contributed by atoms with Crippen LogP contribution in [0.25, 0.3) is 6.08 Å². The third kappa shape index (κ3) is 3.20. The first-order chi connectivity index (χ1) is 12.3. The lowest BCUT2D eigenvalue weighted by atomic mass is 9.93. The van der Waals surface area contributed by atoms with Gasteiger partial charge in [-0.05, 0) is 58.2 Å². The maximum absolute atomic E-state index is 13.0. The van der Waals surface area contributed by atoms with Crippen LogP contribution in [0.2, 0.25) is 0 Å². The van der Waals surface area contributed by atoms with Crippen LogP contribution >= 0.6 is 0 Å². The molecule has 26 heavy (non-hydrogen) atoms. The van der Waals surface area contributed by atoms with E-state index in [1.807, 2.05) is 19.9 Å². The minimum absolute atomic E-state index is 0.0409. The highest BCUT2D eigenvalue weighted by Gasteiger charge is 2.40. The molecule has 1 aromatic heterocycles. The summed E-state index contributed by atoms with van der Waals surface area (Å²) in [7, 11) is 0. The predicted octanol–water partition coefficient (Wildman–Crippen LogP) is 3.48. The second kappa shape index (κ2) is 7.09. The van der Waals surface area contributed by atoms with Crippen molar-refractivity contribution in [3.63, 3.8) is 0 Å². The molecule has 2 aliphatic rings. The summed E-state index contributed by atoms with van der Waals surface area (Å²) in [6, 6.07) is 1.57. The summed E-state index contributed by atoms with van der Waals surface area (Å²) < 4.78 is 2.17. The van der Waals surface area contributed by atoms with Crippen molar-refractivity contribution in [2.24, 2.45) is 0 Å². The number of carbonyl (C=O) groups is 3. The molecular formula is C20H27N3O3. The summed E-state index contributed by atoms with van der Waals surface area (Å²) >= 11 is 0. The first-order valence-electron chi connectivity index (χ1n) is 9.40. The quantitative estimate of drug-likeness (QED) is 0.665. The number of hydrogen-bond acceptors (Lipinski definition) is 3. The van der Waals surface area contributed by atoms with Gasteiger partial charge in [0.1, 0.15) is 5.57 Å². The molecule has 1 aliphatic carbocycles. The average Bonchev–Trinajstić information content (AvgIpc) is 2.86. The van der Waals surface area contributed by atoms with E-state index in [0.717, 1.165) is 49.1 Å². The Morgan fingerprint density at radius 1 is 1.12 bits per heavy atom. The smallest absolute Gasteiger partial charge is 0.331 e. The van der Waals surface area contributed by atoms with Crippen LogP contribution in [0, 0.1) is 13.8 Å². The summed E-state index contributed by atoms with van der Waals surface area (Å²) in [5.74, 6) is -1.08. The lowest BCUT2D eigenvalue weighted by Crippen LogP contribution is -2.58. The average molecular weight is 357 g/mol. The second-order valence-corrected chi connectivity index (χ2v) is 7.57. The van der Waals surface area contributed by atoms with E-state index in [1.165, 1.54) is 4.90 Å². The van der Waals surface area contributed by atoms with Crippen molar-refractivity contribution in [3.8, 4) is 0 Å². The van der Waals surface area contributed by atoms with Gasteiger partial charge in [-0.3, -0.25) is 19.8 Å².